The zero-order chi connectivity index (χ0) is 15.2. The summed E-state index contributed by atoms with van der Waals surface area (Å²) in [6.07, 6.45) is 0.982. The van der Waals surface area contributed by atoms with Crippen LogP contribution in [-0.2, 0) is 0 Å². The summed E-state index contributed by atoms with van der Waals surface area (Å²) in [5.74, 6) is 1.71. The largest absolute Gasteiger partial charge is 0.497 e. The molecule has 112 valence electrons. The molecule has 1 atom stereocenters. The van der Waals surface area contributed by atoms with Gasteiger partial charge in [-0.1, -0.05) is 19.1 Å². The molecular weight excluding hydrogens is 330 g/mol. The van der Waals surface area contributed by atoms with Crippen LogP contribution in [-0.4, -0.2) is 14.2 Å². The lowest BCUT2D eigenvalue weighted by Crippen LogP contribution is -2.10. The minimum Gasteiger partial charge on any atom is -0.497 e. The molecule has 3 nitrogen and oxygen atoms in total. The number of nitrogens with one attached hydrogen (secondary N) is 1. The third-order valence-corrected chi connectivity index (χ3v) is 4.12. The molecule has 0 amide bonds. The highest BCUT2D eigenvalue weighted by atomic mass is 79.9. The zero-order valence-corrected chi connectivity index (χ0v) is 14.1. The Morgan fingerprint density at radius 1 is 1.00 bits per heavy atom. The molecule has 0 saturated carbocycles. The number of halogens is 1. The molecule has 0 radical (unpaired) electrons. The van der Waals surface area contributed by atoms with Crippen molar-refractivity contribution >= 4 is 21.6 Å². The molecule has 1 unspecified atom stereocenters. The first kappa shape index (κ1) is 15.7. The third-order valence-electron chi connectivity index (χ3n) is 3.43. The van der Waals surface area contributed by atoms with Crippen molar-refractivity contribution in [1.82, 2.24) is 0 Å². The van der Waals surface area contributed by atoms with Crippen molar-refractivity contribution in [2.45, 2.75) is 19.4 Å². The lowest BCUT2D eigenvalue weighted by Gasteiger charge is -2.20. The Balaban J connectivity index is 2.21. The van der Waals surface area contributed by atoms with Gasteiger partial charge in [-0.2, -0.15) is 0 Å². The van der Waals surface area contributed by atoms with E-state index < -0.39 is 0 Å². The molecule has 0 heterocycles. The van der Waals surface area contributed by atoms with Crippen LogP contribution in [0.25, 0.3) is 0 Å². The van der Waals surface area contributed by atoms with E-state index in [2.05, 4.69) is 40.3 Å². The maximum absolute atomic E-state index is 5.28. The first-order valence-corrected chi connectivity index (χ1v) is 7.71. The highest BCUT2D eigenvalue weighted by molar-refractivity contribution is 9.10. The predicted octanol–water partition coefficient (Wildman–Crippen LogP) is 5.03. The van der Waals surface area contributed by atoms with Crippen molar-refractivity contribution in [2.75, 3.05) is 19.5 Å². The number of hydrogen-bond donors (Lipinski definition) is 1. The summed E-state index contributed by atoms with van der Waals surface area (Å²) in [5, 5.41) is 3.56. The van der Waals surface area contributed by atoms with Gasteiger partial charge in [-0.3, -0.25) is 0 Å². The van der Waals surface area contributed by atoms with Crippen molar-refractivity contribution in [3.05, 3.63) is 52.5 Å². The van der Waals surface area contributed by atoms with Crippen molar-refractivity contribution < 1.29 is 9.47 Å². The summed E-state index contributed by atoms with van der Waals surface area (Å²) in [6.45, 7) is 2.16. The fraction of sp³-hybridized carbons (Fsp3) is 0.294. The standard InChI is InChI=1S/C17H20BrNO2/c1-4-16(12-5-7-13(20-2)8-6-12)19-17-11-14(21-3)9-10-15(17)18/h5-11,16,19H,4H2,1-3H3. The van der Waals surface area contributed by atoms with Gasteiger partial charge in [0.2, 0.25) is 0 Å². The summed E-state index contributed by atoms with van der Waals surface area (Å²) < 4.78 is 11.5. The Kier molecular flexibility index (Phi) is 5.51. The van der Waals surface area contributed by atoms with Crippen LogP contribution in [0.5, 0.6) is 11.5 Å². The van der Waals surface area contributed by atoms with E-state index >= 15 is 0 Å². The number of rotatable bonds is 6. The summed E-state index contributed by atoms with van der Waals surface area (Å²) in [5.41, 5.74) is 2.25. The van der Waals surface area contributed by atoms with E-state index in [-0.39, 0.29) is 6.04 Å². The molecule has 0 fully saturated rings. The van der Waals surface area contributed by atoms with Crippen LogP contribution in [0.2, 0.25) is 0 Å². The summed E-state index contributed by atoms with van der Waals surface area (Å²) >= 11 is 3.57. The molecule has 0 spiro atoms. The van der Waals surface area contributed by atoms with Crippen LogP contribution in [0, 0.1) is 0 Å². The van der Waals surface area contributed by atoms with E-state index in [1.165, 1.54) is 5.56 Å². The van der Waals surface area contributed by atoms with Gasteiger partial charge in [0.1, 0.15) is 11.5 Å². The smallest absolute Gasteiger partial charge is 0.121 e. The van der Waals surface area contributed by atoms with Gasteiger partial charge < -0.3 is 14.8 Å². The molecule has 21 heavy (non-hydrogen) atoms. The Morgan fingerprint density at radius 3 is 2.19 bits per heavy atom. The van der Waals surface area contributed by atoms with E-state index in [4.69, 9.17) is 9.47 Å². The topological polar surface area (TPSA) is 30.5 Å². The van der Waals surface area contributed by atoms with Gasteiger partial charge >= 0.3 is 0 Å². The number of hydrogen-bond acceptors (Lipinski definition) is 3. The predicted molar refractivity (Wildman–Crippen MR) is 90.3 cm³/mol. The average molecular weight is 350 g/mol. The lowest BCUT2D eigenvalue weighted by molar-refractivity contribution is 0.414. The average Bonchev–Trinajstić information content (AvgIpc) is 2.54. The van der Waals surface area contributed by atoms with Crippen molar-refractivity contribution in [2.24, 2.45) is 0 Å². The van der Waals surface area contributed by atoms with Gasteiger partial charge in [-0.15, -0.1) is 0 Å². The molecule has 0 aliphatic carbocycles. The fourth-order valence-electron chi connectivity index (χ4n) is 2.19. The van der Waals surface area contributed by atoms with Gasteiger partial charge in [-0.25, -0.2) is 0 Å². The maximum Gasteiger partial charge on any atom is 0.121 e. The first-order valence-electron chi connectivity index (χ1n) is 6.92. The molecule has 0 bridgehead atoms. The highest BCUT2D eigenvalue weighted by Crippen LogP contribution is 2.31. The molecule has 1 N–H and O–H groups in total. The Labute approximate surface area is 134 Å². The van der Waals surface area contributed by atoms with Crippen molar-refractivity contribution in [1.29, 1.82) is 0 Å². The summed E-state index contributed by atoms with van der Waals surface area (Å²) in [4.78, 5) is 0. The van der Waals surface area contributed by atoms with Crippen molar-refractivity contribution in [3.8, 4) is 11.5 Å². The Hall–Kier alpha value is -1.68. The number of methoxy groups -OCH3 is 2. The van der Waals surface area contributed by atoms with E-state index in [9.17, 15) is 0 Å². The van der Waals surface area contributed by atoms with Gasteiger partial charge in [0.05, 0.1) is 25.9 Å². The molecule has 2 aromatic carbocycles. The van der Waals surface area contributed by atoms with E-state index in [0.29, 0.717) is 0 Å². The second-order valence-corrected chi connectivity index (χ2v) is 5.58. The van der Waals surface area contributed by atoms with Crippen LogP contribution in [0.4, 0.5) is 5.69 Å². The number of anilines is 1. The number of benzene rings is 2. The van der Waals surface area contributed by atoms with Crippen LogP contribution in [0.1, 0.15) is 24.9 Å². The monoisotopic (exact) mass is 349 g/mol. The summed E-state index contributed by atoms with van der Waals surface area (Å²) in [7, 11) is 3.35. The van der Waals surface area contributed by atoms with E-state index in [1.807, 2.05) is 30.3 Å². The highest BCUT2D eigenvalue weighted by Gasteiger charge is 2.11. The first-order chi connectivity index (χ1) is 10.2. The normalized spacial score (nSPS) is 11.8. The Morgan fingerprint density at radius 2 is 1.62 bits per heavy atom. The minimum atomic E-state index is 0.235. The van der Waals surface area contributed by atoms with E-state index in [1.54, 1.807) is 14.2 Å². The third kappa shape index (κ3) is 3.91. The van der Waals surface area contributed by atoms with Crippen LogP contribution < -0.4 is 14.8 Å². The SMILES string of the molecule is CCC(Nc1cc(OC)ccc1Br)c1ccc(OC)cc1. The van der Waals surface area contributed by atoms with Gasteiger partial charge in [-0.05, 0) is 52.2 Å². The quantitative estimate of drug-likeness (QED) is 0.793. The van der Waals surface area contributed by atoms with Gasteiger partial charge in [0.15, 0.2) is 0 Å². The summed E-state index contributed by atoms with van der Waals surface area (Å²) in [6, 6.07) is 14.3. The minimum absolute atomic E-state index is 0.235. The van der Waals surface area contributed by atoms with E-state index in [0.717, 1.165) is 28.1 Å². The second-order valence-electron chi connectivity index (χ2n) is 4.72. The molecule has 4 heteroatoms. The van der Waals surface area contributed by atoms with Crippen molar-refractivity contribution in [3.63, 3.8) is 0 Å². The molecule has 2 rings (SSSR count). The molecular formula is C17H20BrNO2. The van der Waals surface area contributed by atoms with Gasteiger partial charge in [0.25, 0.3) is 0 Å². The molecule has 0 aliphatic rings. The van der Waals surface area contributed by atoms with Crippen LogP contribution >= 0.6 is 15.9 Å². The van der Waals surface area contributed by atoms with Gasteiger partial charge in [0, 0.05) is 10.5 Å². The maximum atomic E-state index is 5.28. The zero-order valence-electron chi connectivity index (χ0n) is 12.5. The fourth-order valence-corrected chi connectivity index (χ4v) is 2.55. The second kappa shape index (κ2) is 7.36. The molecule has 0 saturated heterocycles. The lowest BCUT2D eigenvalue weighted by atomic mass is 10.0. The van der Waals surface area contributed by atoms with Crippen LogP contribution in [0.15, 0.2) is 46.9 Å². The van der Waals surface area contributed by atoms with Crippen LogP contribution in [0.3, 0.4) is 0 Å². The molecule has 0 aromatic heterocycles. The molecule has 0 aliphatic heterocycles. The number of ether oxygens (including phenoxy) is 2. The Bertz CT molecular complexity index is 584. The molecule has 2 aromatic rings.